The molecule has 5 N–H and O–H groups in total. The number of nitrogens with one attached hydrogen (secondary N) is 5. The summed E-state index contributed by atoms with van der Waals surface area (Å²) in [6, 6.07) is 5.36. The molecule has 2 rings (SSSR count). The molecule has 0 fully saturated rings. The second-order valence-corrected chi connectivity index (χ2v) is 6.74. The van der Waals surface area contributed by atoms with Crippen LogP contribution in [0, 0.1) is 19.3 Å². The molecule has 0 saturated carbocycles. The van der Waals surface area contributed by atoms with Gasteiger partial charge in [0.2, 0.25) is 0 Å². The van der Waals surface area contributed by atoms with Crippen molar-refractivity contribution in [2.75, 3.05) is 18.4 Å². The lowest BCUT2D eigenvalue weighted by Gasteiger charge is -2.13. The zero-order valence-electron chi connectivity index (χ0n) is 17.0. The fourth-order valence-corrected chi connectivity index (χ4v) is 2.76. The van der Waals surface area contributed by atoms with Gasteiger partial charge in [0, 0.05) is 30.5 Å². The first-order valence-electron chi connectivity index (χ1n) is 9.59. The molecule has 0 bridgehead atoms. The molecule has 0 aliphatic heterocycles. The lowest BCUT2D eigenvalue weighted by molar-refractivity contribution is 0.0945. The number of aromatic nitrogens is 1. The lowest BCUT2D eigenvalue weighted by atomic mass is 10.1. The zero-order chi connectivity index (χ0) is 20.7. The van der Waals surface area contributed by atoms with Crippen LogP contribution in [0.15, 0.2) is 24.4 Å². The zero-order valence-corrected chi connectivity index (χ0v) is 17.0. The highest BCUT2D eigenvalue weighted by Crippen LogP contribution is 2.20. The number of anilines is 1. The summed E-state index contributed by atoms with van der Waals surface area (Å²) < 4.78 is 0. The Morgan fingerprint density at radius 2 is 1.68 bits per heavy atom. The van der Waals surface area contributed by atoms with Crippen LogP contribution in [-0.2, 0) is 0 Å². The summed E-state index contributed by atoms with van der Waals surface area (Å²) in [7, 11) is 0. The Morgan fingerprint density at radius 3 is 2.32 bits per heavy atom. The average molecular weight is 383 g/mol. The molecule has 0 atom stereocenters. The van der Waals surface area contributed by atoms with Crippen molar-refractivity contribution >= 4 is 23.3 Å². The predicted molar refractivity (Wildman–Crippen MR) is 112 cm³/mol. The quantitative estimate of drug-likeness (QED) is 0.356. The Kier molecular flexibility index (Phi) is 7.37. The molecule has 7 nitrogen and oxygen atoms in total. The highest BCUT2D eigenvalue weighted by atomic mass is 16.2. The molecule has 0 aliphatic carbocycles. The van der Waals surface area contributed by atoms with Crippen LogP contribution in [0.5, 0.6) is 0 Å². The van der Waals surface area contributed by atoms with Gasteiger partial charge in [-0.25, -0.2) is 0 Å². The van der Waals surface area contributed by atoms with E-state index < -0.39 is 0 Å². The van der Waals surface area contributed by atoms with Crippen LogP contribution < -0.4 is 16.0 Å². The van der Waals surface area contributed by atoms with Gasteiger partial charge in [0.15, 0.2) is 0 Å². The van der Waals surface area contributed by atoms with Crippen LogP contribution in [0.3, 0.4) is 0 Å². The Bertz CT molecular complexity index is 870. The predicted octanol–water partition coefficient (Wildman–Crippen LogP) is 3.35. The number of amides is 2. The van der Waals surface area contributed by atoms with Crippen LogP contribution in [0.1, 0.15) is 64.2 Å². The Labute approximate surface area is 165 Å². The maximum Gasteiger partial charge on any atom is 0.253 e. The average Bonchev–Trinajstić information content (AvgIpc) is 3.07. The molecule has 150 valence electrons. The van der Waals surface area contributed by atoms with Gasteiger partial charge in [-0.05, 0) is 49.9 Å². The SMILES string of the molecule is CCCNC(=O)c1ccc(C)c(NC(=N)c2[nH]cc(C(=O)NCCC)c2C)c1. The van der Waals surface area contributed by atoms with Crippen LogP contribution in [0.2, 0.25) is 0 Å². The van der Waals surface area contributed by atoms with E-state index in [4.69, 9.17) is 5.41 Å². The third-order valence-corrected chi connectivity index (χ3v) is 4.47. The van der Waals surface area contributed by atoms with E-state index in [2.05, 4.69) is 20.9 Å². The summed E-state index contributed by atoms with van der Waals surface area (Å²) in [4.78, 5) is 27.4. The van der Waals surface area contributed by atoms with Crippen molar-refractivity contribution in [3.05, 3.63) is 52.3 Å². The van der Waals surface area contributed by atoms with Gasteiger partial charge in [-0.1, -0.05) is 19.9 Å². The van der Waals surface area contributed by atoms with Gasteiger partial charge in [0.25, 0.3) is 11.8 Å². The van der Waals surface area contributed by atoms with E-state index in [-0.39, 0.29) is 17.6 Å². The molecule has 1 heterocycles. The molecule has 0 radical (unpaired) electrons. The van der Waals surface area contributed by atoms with Crippen molar-refractivity contribution in [3.63, 3.8) is 0 Å². The Morgan fingerprint density at radius 1 is 1.04 bits per heavy atom. The summed E-state index contributed by atoms with van der Waals surface area (Å²) in [6.07, 6.45) is 3.35. The highest BCUT2D eigenvalue weighted by molar-refractivity contribution is 6.09. The monoisotopic (exact) mass is 383 g/mol. The van der Waals surface area contributed by atoms with Gasteiger partial charge < -0.3 is 20.9 Å². The van der Waals surface area contributed by atoms with E-state index in [9.17, 15) is 9.59 Å². The first-order valence-corrected chi connectivity index (χ1v) is 9.59. The van der Waals surface area contributed by atoms with Gasteiger partial charge in [0.05, 0.1) is 11.3 Å². The summed E-state index contributed by atoms with van der Waals surface area (Å²) in [5, 5.41) is 17.2. The second-order valence-electron chi connectivity index (χ2n) is 6.74. The fourth-order valence-electron chi connectivity index (χ4n) is 2.76. The van der Waals surface area contributed by atoms with Crippen LogP contribution in [0.25, 0.3) is 0 Å². The smallest absolute Gasteiger partial charge is 0.253 e. The Balaban J connectivity index is 2.18. The minimum Gasteiger partial charge on any atom is -0.358 e. The van der Waals surface area contributed by atoms with E-state index >= 15 is 0 Å². The van der Waals surface area contributed by atoms with Gasteiger partial charge in [-0.3, -0.25) is 15.0 Å². The van der Waals surface area contributed by atoms with E-state index in [0.717, 1.165) is 18.4 Å². The third-order valence-electron chi connectivity index (χ3n) is 4.47. The number of rotatable bonds is 8. The number of amidine groups is 1. The van der Waals surface area contributed by atoms with Crippen molar-refractivity contribution < 1.29 is 9.59 Å². The van der Waals surface area contributed by atoms with Crippen molar-refractivity contribution in [2.45, 2.75) is 40.5 Å². The standard InChI is InChI=1S/C21H29N5O2/c1-5-9-23-20(27)15-8-7-13(3)17(11-15)26-19(22)18-14(4)16(12-25-18)21(28)24-10-6-2/h7-8,11-12,25H,5-6,9-10H2,1-4H3,(H2,22,26)(H,23,27)(H,24,28). The maximum atomic E-state index is 12.2. The molecule has 0 spiro atoms. The number of carbonyl (C=O) groups is 2. The van der Waals surface area contributed by atoms with Crippen molar-refractivity contribution in [2.24, 2.45) is 0 Å². The van der Waals surface area contributed by atoms with Gasteiger partial charge in [-0.15, -0.1) is 0 Å². The molecular formula is C21H29N5O2. The molecule has 1 aromatic carbocycles. The fraction of sp³-hybridized carbons (Fsp3) is 0.381. The second kappa shape index (κ2) is 9.73. The van der Waals surface area contributed by atoms with Crippen LogP contribution in [0.4, 0.5) is 5.69 Å². The maximum absolute atomic E-state index is 12.2. The summed E-state index contributed by atoms with van der Waals surface area (Å²) >= 11 is 0. The minimum absolute atomic E-state index is 0.137. The molecule has 1 aromatic heterocycles. The first-order chi connectivity index (χ1) is 13.4. The number of benzene rings is 1. The minimum atomic E-state index is -0.152. The van der Waals surface area contributed by atoms with Gasteiger partial charge in [0.1, 0.15) is 5.84 Å². The summed E-state index contributed by atoms with van der Waals surface area (Å²) in [5.74, 6) is -0.149. The molecule has 0 saturated heterocycles. The molecule has 7 heteroatoms. The number of aryl methyl sites for hydroxylation is 1. The Hall–Kier alpha value is -3.09. The molecule has 2 amide bonds. The first kappa shape index (κ1) is 21.2. The number of carbonyl (C=O) groups excluding carboxylic acids is 2. The van der Waals surface area contributed by atoms with E-state index in [1.54, 1.807) is 18.3 Å². The van der Waals surface area contributed by atoms with Crippen LogP contribution in [-0.4, -0.2) is 35.7 Å². The lowest BCUT2D eigenvalue weighted by Crippen LogP contribution is -2.24. The topological polar surface area (TPSA) is 110 Å². The molecule has 0 aliphatic rings. The van der Waals surface area contributed by atoms with Crippen molar-refractivity contribution in [1.82, 2.24) is 15.6 Å². The normalized spacial score (nSPS) is 10.4. The molecule has 2 aromatic rings. The van der Waals surface area contributed by atoms with E-state index in [1.165, 1.54) is 0 Å². The number of hydrogen-bond donors (Lipinski definition) is 5. The highest BCUT2D eigenvalue weighted by Gasteiger charge is 2.17. The molecule has 0 unspecified atom stereocenters. The van der Waals surface area contributed by atoms with E-state index in [1.807, 2.05) is 33.8 Å². The van der Waals surface area contributed by atoms with E-state index in [0.29, 0.717) is 41.2 Å². The van der Waals surface area contributed by atoms with Crippen molar-refractivity contribution in [3.8, 4) is 0 Å². The summed E-state index contributed by atoms with van der Waals surface area (Å²) in [6.45, 7) is 8.95. The molecule has 28 heavy (non-hydrogen) atoms. The summed E-state index contributed by atoms with van der Waals surface area (Å²) in [5.41, 5.74) is 3.92. The molecular weight excluding hydrogens is 354 g/mol. The third kappa shape index (κ3) is 5.00. The number of hydrogen-bond acceptors (Lipinski definition) is 3. The van der Waals surface area contributed by atoms with Crippen molar-refractivity contribution in [1.29, 1.82) is 5.41 Å². The van der Waals surface area contributed by atoms with Gasteiger partial charge in [-0.2, -0.15) is 0 Å². The van der Waals surface area contributed by atoms with Crippen LogP contribution >= 0.6 is 0 Å². The number of aromatic amines is 1. The largest absolute Gasteiger partial charge is 0.358 e. The number of H-pyrrole nitrogens is 1. The van der Waals surface area contributed by atoms with Gasteiger partial charge >= 0.3 is 0 Å².